The number of carbonyl (C=O) groups is 2. The lowest BCUT2D eigenvalue weighted by Crippen LogP contribution is -3.14. The normalized spacial score (nSPS) is 22.9. The van der Waals surface area contributed by atoms with E-state index >= 15 is 0 Å². The van der Waals surface area contributed by atoms with E-state index in [0.717, 1.165) is 43.7 Å². The maximum Gasteiger partial charge on any atom is 0.309 e. The largest absolute Gasteiger partial charge is 0.466 e. The minimum atomic E-state index is -3.44. The van der Waals surface area contributed by atoms with Gasteiger partial charge >= 0.3 is 5.97 Å². The second kappa shape index (κ2) is 9.69. The second-order valence-corrected chi connectivity index (χ2v) is 9.57. The summed E-state index contributed by atoms with van der Waals surface area (Å²) in [7, 11) is -3.44. The predicted octanol–water partition coefficient (Wildman–Crippen LogP) is 0.268. The van der Waals surface area contributed by atoms with Gasteiger partial charge in [-0.05, 0) is 44.0 Å². The van der Waals surface area contributed by atoms with Crippen LogP contribution < -0.4 is 10.2 Å². The van der Waals surface area contributed by atoms with E-state index in [1.807, 2.05) is 0 Å². The molecule has 1 amide bonds. The van der Waals surface area contributed by atoms with Crippen LogP contribution in [0.4, 0.5) is 5.69 Å². The van der Waals surface area contributed by atoms with Crippen LogP contribution in [0.3, 0.4) is 0 Å². The highest BCUT2D eigenvalue weighted by Gasteiger charge is 2.30. The van der Waals surface area contributed by atoms with Crippen LogP contribution in [0.1, 0.15) is 32.6 Å². The summed E-state index contributed by atoms with van der Waals surface area (Å²) in [5.41, 5.74) is 0.580. The summed E-state index contributed by atoms with van der Waals surface area (Å²) in [4.78, 5) is 25.5. The highest BCUT2D eigenvalue weighted by molar-refractivity contribution is 7.89. The third kappa shape index (κ3) is 5.55. The Morgan fingerprint density at radius 1 is 1.14 bits per heavy atom. The highest BCUT2D eigenvalue weighted by atomic mass is 32.2. The standard InChI is InChI=1S/C20H29N3O5S/c1-2-28-20(25)16-9-13-22(14-10-16)15-19(24)21-17-5-7-18(8-6-17)29(26,27)23-11-3-4-12-23/h5-8,16H,2-4,9-15H2,1H3,(H,21,24)/p+1. The molecule has 2 saturated heterocycles. The number of hydrogen-bond acceptors (Lipinski definition) is 5. The van der Waals surface area contributed by atoms with Gasteiger partial charge in [-0.1, -0.05) is 0 Å². The Bertz CT molecular complexity index is 811. The smallest absolute Gasteiger partial charge is 0.309 e. The third-order valence-electron chi connectivity index (χ3n) is 5.56. The minimum Gasteiger partial charge on any atom is -0.466 e. The van der Waals surface area contributed by atoms with Gasteiger partial charge in [0.1, 0.15) is 0 Å². The quantitative estimate of drug-likeness (QED) is 0.613. The lowest BCUT2D eigenvalue weighted by Gasteiger charge is -2.27. The number of hydrogen-bond donors (Lipinski definition) is 2. The van der Waals surface area contributed by atoms with Crippen molar-refractivity contribution < 1.29 is 27.6 Å². The minimum absolute atomic E-state index is 0.0631. The number of carbonyl (C=O) groups excluding carboxylic acids is 2. The highest BCUT2D eigenvalue weighted by Crippen LogP contribution is 2.22. The number of quaternary nitrogens is 1. The fourth-order valence-corrected chi connectivity index (χ4v) is 5.44. The first kappa shape index (κ1) is 21.7. The summed E-state index contributed by atoms with van der Waals surface area (Å²) in [5, 5.41) is 2.83. The fraction of sp³-hybridized carbons (Fsp3) is 0.600. The zero-order chi connectivity index (χ0) is 20.9. The second-order valence-electron chi connectivity index (χ2n) is 7.64. The summed E-state index contributed by atoms with van der Waals surface area (Å²) in [6.07, 6.45) is 3.24. The summed E-state index contributed by atoms with van der Waals surface area (Å²) in [5.74, 6) is -0.323. The van der Waals surface area contributed by atoms with Gasteiger partial charge in [0.15, 0.2) is 6.54 Å². The first-order valence-corrected chi connectivity index (χ1v) is 11.7. The Balaban J connectivity index is 1.48. The van der Waals surface area contributed by atoms with Gasteiger partial charge in [-0.2, -0.15) is 4.31 Å². The van der Waals surface area contributed by atoms with Crippen LogP contribution in [0.5, 0.6) is 0 Å². The number of nitrogens with zero attached hydrogens (tertiary/aromatic N) is 1. The molecule has 2 heterocycles. The number of likely N-dealkylation sites (tertiary alicyclic amines) is 1. The molecule has 2 fully saturated rings. The molecule has 0 saturated carbocycles. The van der Waals surface area contributed by atoms with E-state index in [9.17, 15) is 18.0 Å². The summed E-state index contributed by atoms with van der Waals surface area (Å²) < 4.78 is 31.7. The Morgan fingerprint density at radius 3 is 2.34 bits per heavy atom. The molecule has 0 atom stereocenters. The van der Waals surface area contributed by atoms with Crippen molar-refractivity contribution in [3.63, 3.8) is 0 Å². The van der Waals surface area contributed by atoms with E-state index in [-0.39, 0.29) is 22.7 Å². The molecule has 0 spiro atoms. The van der Waals surface area contributed by atoms with Crippen LogP contribution in [0.25, 0.3) is 0 Å². The predicted molar refractivity (Wildman–Crippen MR) is 108 cm³/mol. The zero-order valence-electron chi connectivity index (χ0n) is 16.9. The van der Waals surface area contributed by atoms with Crippen LogP contribution in [-0.4, -0.2) is 63.9 Å². The van der Waals surface area contributed by atoms with Crippen LogP contribution in [0, 0.1) is 5.92 Å². The monoisotopic (exact) mass is 424 g/mol. The number of esters is 1. The summed E-state index contributed by atoms with van der Waals surface area (Å²) in [6, 6.07) is 6.34. The molecule has 1 aromatic carbocycles. The van der Waals surface area contributed by atoms with E-state index in [0.29, 0.717) is 31.9 Å². The van der Waals surface area contributed by atoms with Gasteiger partial charge in [0, 0.05) is 31.6 Å². The Kier molecular flexibility index (Phi) is 7.26. The molecule has 1 aromatic rings. The molecule has 2 aliphatic heterocycles. The first-order chi connectivity index (χ1) is 13.9. The topological polar surface area (TPSA) is 97.2 Å². The van der Waals surface area contributed by atoms with E-state index in [1.165, 1.54) is 4.31 Å². The number of benzene rings is 1. The van der Waals surface area contributed by atoms with Gasteiger partial charge in [-0.3, -0.25) is 9.59 Å². The molecule has 160 valence electrons. The van der Waals surface area contributed by atoms with Crippen LogP contribution in [0.2, 0.25) is 0 Å². The van der Waals surface area contributed by atoms with Gasteiger partial charge < -0.3 is 15.0 Å². The maximum atomic E-state index is 12.5. The molecule has 29 heavy (non-hydrogen) atoms. The van der Waals surface area contributed by atoms with Gasteiger partial charge in [0.25, 0.3) is 5.91 Å². The molecular formula is C20H30N3O5S+. The Morgan fingerprint density at radius 2 is 1.76 bits per heavy atom. The van der Waals surface area contributed by atoms with Crippen LogP contribution in [-0.2, 0) is 24.3 Å². The molecule has 3 rings (SSSR count). The van der Waals surface area contributed by atoms with Crippen LogP contribution >= 0.6 is 0 Å². The van der Waals surface area contributed by atoms with Crippen molar-refractivity contribution in [3.05, 3.63) is 24.3 Å². The SMILES string of the molecule is CCOC(=O)C1CC[NH+](CC(=O)Nc2ccc(S(=O)(=O)N3CCCC3)cc2)CC1. The molecule has 0 aliphatic carbocycles. The summed E-state index contributed by atoms with van der Waals surface area (Å²) >= 11 is 0. The molecule has 2 aliphatic rings. The van der Waals surface area contributed by atoms with Crippen molar-refractivity contribution in [2.75, 3.05) is 44.6 Å². The maximum absolute atomic E-state index is 12.5. The van der Waals surface area contributed by atoms with Crippen molar-refractivity contribution in [3.8, 4) is 0 Å². The van der Waals surface area contributed by atoms with Gasteiger partial charge in [0.2, 0.25) is 10.0 Å². The van der Waals surface area contributed by atoms with Crippen molar-refractivity contribution in [2.45, 2.75) is 37.5 Å². The van der Waals surface area contributed by atoms with E-state index in [4.69, 9.17) is 4.74 Å². The van der Waals surface area contributed by atoms with E-state index in [2.05, 4.69) is 5.32 Å². The molecule has 2 N–H and O–H groups in total. The van der Waals surface area contributed by atoms with Crippen LogP contribution in [0.15, 0.2) is 29.2 Å². The number of sulfonamides is 1. The van der Waals surface area contributed by atoms with Gasteiger partial charge in [-0.25, -0.2) is 8.42 Å². The number of ether oxygens (including phenoxy) is 1. The van der Waals surface area contributed by atoms with Crippen molar-refractivity contribution >= 4 is 27.6 Å². The number of piperidine rings is 1. The average Bonchev–Trinajstić information content (AvgIpc) is 3.25. The molecule has 0 aromatic heterocycles. The molecule has 9 heteroatoms. The Labute approximate surface area is 172 Å². The number of rotatable bonds is 7. The third-order valence-corrected chi connectivity index (χ3v) is 7.48. The lowest BCUT2D eigenvalue weighted by molar-refractivity contribution is -0.897. The van der Waals surface area contributed by atoms with Crippen molar-refractivity contribution in [1.29, 1.82) is 0 Å². The molecule has 0 radical (unpaired) electrons. The van der Waals surface area contributed by atoms with Gasteiger partial charge in [-0.15, -0.1) is 0 Å². The molecule has 0 unspecified atom stereocenters. The Hall–Kier alpha value is -1.97. The van der Waals surface area contributed by atoms with Crippen molar-refractivity contribution in [1.82, 2.24) is 4.31 Å². The molecule has 0 bridgehead atoms. The number of anilines is 1. The van der Waals surface area contributed by atoms with E-state index < -0.39 is 10.0 Å². The number of nitrogens with one attached hydrogen (secondary N) is 2. The molecular weight excluding hydrogens is 394 g/mol. The van der Waals surface area contributed by atoms with E-state index in [1.54, 1.807) is 31.2 Å². The fourth-order valence-electron chi connectivity index (χ4n) is 3.92. The first-order valence-electron chi connectivity index (χ1n) is 10.3. The average molecular weight is 425 g/mol. The van der Waals surface area contributed by atoms with Gasteiger partial charge in [0.05, 0.1) is 30.5 Å². The summed E-state index contributed by atoms with van der Waals surface area (Å²) in [6.45, 7) is 5.16. The molecule has 8 nitrogen and oxygen atoms in total. The lowest BCUT2D eigenvalue weighted by atomic mass is 9.97. The number of amides is 1. The zero-order valence-corrected chi connectivity index (χ0v) is 17.7. The van der Waals surface area contributed by atoms with Crippen molar-refractivity contribution in [2.24, 2.45) is 5.92 Å².